The number of hydrogen-bond acceptors (Lipinski definition) is 3. The smallest absolute Gasteiger partial charge is 0.308 e. The summed E-state index contributed by atoms with van der Waals surface area (Å²) in [6.45, 7) is 0. The number of methoxy groups -OCH3 is 1. The average molecular weight is 172 g/mol. The first kappa shape index (κ1) is 9.03. The van der Waals surface area contributed by atoms with Gasteiger partial charge in [-0.1, -0.05) is 0 Å². The number of esters is 1. The molecule has 1 saturated carbocycles. The molecule has 1 N–H and O–H groups in total. The Morgan fingerprint density at radius 3 is 2.33 bits per heavy atom. The van der Waals surface area contributed by atoms with Crippen LogP contribution < -0.4 is 0 Å². The highest BCUT2D eigenvalue weighted by Gasteiger charge is 2.34. The van der Waals surface area contributed by atoms with Crippen molar-refractivity contribution in [2.45, 2.75) is 19.3 Å². The maximum absolute atomic E-state index is 11.0. The Kier molecular flexibility index (Phi) is 2.68. The van der Waals surface area contributed by atoms with Gasteiger partial charge in [0, 0.05) is 0 Å². The Balaban J connectivity index is 2.45. The van der Waals surface area contributed by atoms with Crippen LogP contribution in [0.4, 0.5) is 0 Å². The van der Waals surface area contributed by atoms with Gasteiger partial charge in [-0.25, -0.2) is 0 Å². The van der Waals surface area contributed by atoms with Crippen molar-refractivity contribution in [3.63, 3.8) is 0 Å². The first-order chi connectivity index (χ1) is 5.65. The van der Waals surface area contributed by atoms with Crippen molar-refractivity contribution in [2.75, 3.05) is 7.11 Å². The van der Waals surface area contributed by atoms with E-state index in [0.29, 0.717) is 19.3 Å². The van der Waals surface area contributed by atoms with E-state index in [2.05, 4.69) is 4.74 Å². The lowest BCUT2D eigenvalue weighted by molar-refractivity contribution is -0.145. The molecule has 2 unspecified atom stereocenters. The van der Waals surface area contributed by atoms with Gasteiger partial charge in [0.15, 0.2) is 0 Å². The number of carboxylic acids is 1. The third-order valence-corrected chi connectivity index (χ3v) is 2.32. The van der Waals surface area contributed by atoms with Gasteiger partial charge >= 0.3 is 11.9 Å². The Bertz CT molecular complexity index is 199. The maximum Gasteiger partial charge on any atom is 0.308 e. The summed E-state index contributed by atoms with van der Waals surface area (Å²) in [5.41, 5.74) is 0. The van der Waals surface area contributed by atoms with Crippen LogP contribution in [0.5, 0.6) is 0 Å². The standard InChI is InChI=1S/C8H12O4/c1-12-8(11)6-3-2-5(4-6)7(9)10/h5-6H,2-4H2,1H3,(H,9,10). The normalized spacial score (nSPS) is 28.4. The highest BCUT2D eigenvalue weighted by Crippen LogP contribution is 2.31. The molecule has 1 rings (SSSR count). The molecule has 0 bridgehead atoms. The molecule has 12 heavy (non-hydrogen) atoms. The Morgan fingerprint density at radius 1 is 1.33 bits per heavy atom. The average Bonchev–Trinajstić information content (AvgIpc) is 2.51. The zero-order valence-electron chi connectivity index (χ0n) is 6.95. The predicted molar refractivity (Wildman–Crippen MR) is 40.5 cm³/mol. The second kappa shape index (κ2) is 3.56. The van der Waals surface area contributed by atoms with E-state index in [9.17, 15) is 9.59 Å². The first-order valence-electron chi connectivity index (χ1n) is 3.95. The maximum atomic E-state index is 11.0. The lowest BCUT2D eigenvalue weighted by atomic mass is 10.1. The fourth-order valence-corrected chi connectivity index (χ4v) is 1.59. The van der Waals surface area contributed by atoms with Crippen molar-refractivity contribution in [3.05, 3.63) is 0 Å². The fraction of sp³-hybridized carbons (Fsp3) is 0.750. The van der Waals surface area contributed by atoms with Crippen molar-refractivity contribution >= 4 is 11.9 Å². The molecule has 0 spiro atoms. The molecule has 0 heterocycles. The summed E-state index contributed by atoms with van der Waals surface area (Å²) >= 11 is 0. The van der Waals surface area contributed by atoms with Crippen LogP contribution >= 0.6 is 0 Å². The van der Waals surface area contributed by atoms with E-state index in [0.717, 1.165) is 0 Å². The molecule has 1 fully saturated rings. The number of hydrogen-bond donors (Lipinski definition) is 1. The van der Waals surface area contributed by atoms with Crippen LogP contribution in [0.15, 0.2) is 0 Å². The molecule has 4 nitrogen and oxygen atoms in total. The van der Waals surface area contributed by atoms with E-state index < -0.39 is 5.97 Å². The van der Waals surface area contributed by atoms with Crippen molar-refractivity contribution in [1.29, 1.82) is 0 Å². The van der Waals surface area contributed by atoms with Gasteiger partial charge in [0.2, 0.25) is 0 Å². The molecule has 0 amide bonds. The number of carboxylic acid groups (broad SMARTS) is 1. The van der Waals surface area contributed by atoms with Crippen molar-refractivity contribution in [1.82, 2.24) is 0 Å². The lowest BCUT2D eigenvalue weighted by Gasteiger charge is -2.05. The van der Waals surface area contributed by atoms with Crippen LogP contribution in [0.3, 0.4) is 0 Å². The number of carbonyl (C=O) groups excluding carboxylic acids is 1. The molecule has 0 aliphatic heterocycles. The van der Waals surface area contributed by atoms with Gasteiger partial charge in [-0.3, -0.25) is 9.59 Å². The molecule has 0 aromatic heterocycles. The molecule has 0 aromatic carbocycles. The van der Waals surface area contributed by atoms with E-state index in [1.165, 1.54) is 7.11 Å². The first-order valence-corrected chi connectivity index (χ1v) is 3.95. The summed E-state index contributed by atoms with van der Waals surface area (Å²) in [6, 6.07) is 0. The summed E-state index contributed by atoms with van der Waals surface area (Å²) in [5, 5.41) is 8.63. The fourth-order valence-electron chi connectivity index (χ4n) is 1.59. The minimum Gasteiger partial charge on any atom is -0.481 e. The molecule has 2 atom stereocenters. The van der Waals surface area contributed by atoms with Crippen molar-refractivity contribution in [2.24, 2.45) is 11.8 Å². The number of carbonyl (C=O) groups is 2. The highest BCUT2D eigenvalue weighted by molar-refractivity contribution is 5.76. The van der Waals surface area contributed by atoms with Gasteiger partial charge in [0.05, 0.1) is 18.9 Å². The third-order valence-electron chi connectivity index (χ3n) is 2.32. The van der Waals surface area contributed by atoms with Gasteiger partial charge in [-0.05, 0) is 19.3 Å². The molecule has 1 aliphatic carbocycles. The Morgan fingerprint density at radius 2 is 1.92 bits per heavy atom. The van der Waals surface area contributed by atoms with E-state index in [1.807, 2.05) is 0 Å². The minimum atomic E-state index is -0.804. The summed E-state index contributed by atoms with van der Waals surface area (Å²) in [5.74, 6) is -1.63. The van der Waals surface area contributed by atoms with E-state index in [4.69, 9.17) is 5.11 Å². The molecule has 68 valence electrons. The van der Waals surface area contributed by atoms with Crippen LogP contribution in [0.1, 0.15) is 19.3 Å². The Hall–Kier alpha value is -1.06. The quantitative estimate of drug-likeness (QED) is 0.621. The van der Waals surface area contributed by atoms with Crippen LogP contribution in [0.2, 0.25) is 0 Å². The highest BCUT2D eigenvalue weighted by atomic mass is 16.5. The largest absolute Gasteiger partial charge is 0.481 e. The van der Waals surface area contributed by atoms with E-state index in [1.54, 1.807) is 0 Å². The number of ether oxygens (including phenoxy) is 1. The second-order valence-corrected chi connectivity index (χ2v) is 3.07. The van der Waals surface area contributed by atoms with Gasteiger partial charge in [0.1, 0.15) is 0 Å². The van der Waals surface area contributed by atoms with Gasteiger partial charge < -0.3 is 9.84 Å². The lowest BCUT2D eigenvalue weighted by Crippen LogP contribution is -2.15. The van der Waals surface area contributed by atoms with Crippen LogP contribution in [-0.2, 0) is 14.3 Å². The third kappa shape index (κ3) is 1.75. The van der Waals surface area contributed by atoms with Crippen LogP contribution in [0.25, 0.3) is 0 Å². The SMILES string of the molecule is COC(=O)C1CCC(C(=O)O)C1. The van der Waals surface area contributed by atoms with Crippen LogP contribution in [0, 0.1) is 11.8 Å². The zero-order valence-corrected chi connectivity index (χ0v) is 6.95. The van der Waals surface area contributed by atoms with E-state index in [-0.39, 0.29) is 17.8 Å². The molecular weight excluding hydrogens is 160 g/mol. The van der Waals surface area contributed by atoms with Crippen LogP contribution in [-0.4, -0.2) is 24.2 Å². The Labute approximate surface area is 70.5 Å². The van der Waals surface area contributed by atoms with Crippen molar-refractivity contribution < 1.29 is 19.4 Å². The summed E-state index contributed by atoms with van der Waals surface area (Å²) < 4.78 is 4.53. The summed E-state index contributed by atoms with van der Waals surface area (Å²) in [7, 11) is 1.33. The van der Waals surface area contributed by atoms with Gasteiger partial charge in [-0.2, -0.15) is 0 Å². The molecule has 0 radical (unpaired) electrons. The monoisotopic (exact) mass is 172 g/mol. The summed E-state index contributed by atoms with van der Waals surface area (Å²) in [6.07, 6.45) is 1.67. The topological polar surface area (TPSA) is 63.6 Å². The minimum absolute atomic E-state index is 0.198. The van der Waals surface area contributed by atoms with E-state index >= 15 is 0 Å². The number of aliphatic carboxylic acids is 1. The number of rotatable bonds is 2. The second-order valence-electron chi connectivity index (χ2n) is 3.07. The van der Waals surface area contributed by atoms with Crippen molar-refractivity contribution in [3.8, 4) is 0 Å². The van der Waals surface area contributed by atoms with Gasteiger partial charge in [-0.15, -0.1) is 0 Å². The molecular formula is C8H12O4. The molecule has 0 aromatic rings. The molecule has 4 heteroatoms. The molecule has 1 aliphatic rings. The predicted octanol–water partition coefficient (Wildman–Crippen LogP) is 0.660. The van der Waals surface area contributed by atoms with Gasteiger partial charge in [0.25, 0.3) is 0 Å². The zero-order chi connectivity index (χ0) is 9.14. The summed E-state index contributed by atoms with van der Waals surface area (Å²) in [4.78, 5) is 21.5. The molecule has 0 saturated heterocycles.